The fourth-order valence-electron chi connectivity index (χ4n) is 4.00. The van der Waals surface area contributed by atoms with E-state index < -0.39 is 0 Å². The van der Waals surface area contributed by atoms with Crippen molar-refractivity contribution in [1.29, 1.82) is 0 Å². The molecule has 1 atom stereocenters. The summed E-state index contributed by atoms with van der Waals surface area (Å²) in [6, 6.07) is 3.35. The molecule has 24 heavy (non-hydrogen) atoms. The van der Waals surface area contributed by atoms with Gasteiger partial charge in [-0.15, -0.1) is 5.10 Å². The van der Waals surface area contributed by atoms with Crippen molar-refractivity contribution in [2.75, 3.05) is 11.5 Å². The van der Waals surface area contributed by atoms with E-state index in [2.05, 4.69) is 26.4 Å². The Kier molecular flexibility index (Phi) is 4.10. The average Bonchev–Trinajstić information content (AvgIpc) is 2.93. The lowest BCUT2D eigenvalue weighted by Gasteiger charge is -2.31. The predicted octanol–water partition coefficient (Wildman–Crippen LogP) is 1.61. The Hall–Kier alpha value is -2.15. The summed E-state index contributed by atoms with van der Waals surface area (Å²) in [5, 5.41) is 8.01. The van der Waals surface area contributed by atoms with Crippen LogP contribution in [0.2, 0.25) is 0 Å². The summed E-state index contributed by atoms with van der Waals surface area (Å²) >= 11 is 0. The SMILES string of the molecule is Nc1nc(N)n(-c2cnc3c(c2)CC(NC2CCCCC2)CC3)n1. The lowest BCUT2D eigenvalue weighted by molar-refractivity contribution is 0.319. The highest BCUT2D eigenvalue weighted by Crippen LogP contribution is 2.25. The monoisotopic (exact) mass is 327 g/mol. The second kappa shape index (κ2) is 6.39. The molecule has 1 unspecified atom stereocenters. The minimum Gasteiger partial charge on any atom is -0.368 e. The zero-order chi connectivity index (χ0) is 16.5. The van der Waals surface area contributed by atoms with Crippen molar-refractivity contribution in [1.82, 2.24) is 25.1 Å². The fraction of sp³-hybridized carbons (Fsp3) is 0.588. The summed E-state index contributed by atoms with van der Waals surface area (Å²) in [5.41, 5.74) is 14.8. The van der Waals surface area contributed by atoms with Crippen molar-refractivity contribution in [3.63, 3.8) is 0 Å². The third-order valence-electron chi connectivity index (χ3n) is 5.21. The Morgan fingerprint density at radius 2 is 1.92 bits per heavy atom. The Morgan fingerprint density at radius 1 is 1.08 bits per heavy atom. The minimum atomic E-state index is 0.182. The molecule has 0 saturated heterocycles. The van der Waals surface area contributed by atoms with Crippen molar-refractivity contribution < 1.29 is 0 Å². The molecule has 0 spiro atoms. The maximum atomic E-state index is 5.87. The standard InChI is InChI=1S/C17H25N7/c18-16-22-17(19)24(23-16)14-9-11-8-13(6-7-15(11)20-10-14)21-12-4-2-1-3-5-12/h9-10,12-13,21H,1-8H2,(H4,18,19,22,23). The molecule has 0 radical (unpaired) electrons. The number of aromatic nitrogens is 4. The van der Waals surface area contributed by atoms with Crippen LogP contribution in [-0.4, -0.2) is 31.8 Å². The van der Waals surface area contributed by atoms with E-state index in [9.17, 15) is 0 Å². The lowest BCUT2D eigenvalue weighted by atomic mass is 9.89. The van der Waals surface area contributed by atoms with Crippen molar-refractivity contribution in [2.45, 2.75) is 63.5 Å². The molecular weight excluding hydrogens is 302 g/mol. The molecule has 0 aliphatic heterocycles. The van der Waals surface area contributed by atoms with Gasteiger partial charge in [0.2, 0.25) is 11.9 Å². The molecule has 7 nitrogen and oxygen atoms in total. The van der Waals surface area contributed by atoms with Gasteiger partial charge in [-0.3, -0.25) is 4.98 Å². The maximum Gasteiger partial charge on any atom is 0.241 e. The van der Waals surface area contributed by atoms with Crippen LogP contribution < -0.4 is 16.8 Å². The van der Waals surface area contributed by atoms with E-state index in [1.165, 1.54) is 43.4 Å². The molecule has 7 heteroatoms. The smallest absolute Gasteiger partial charge is 0.241 e. The molecule has 5 N–H and O–H groups in total. The summed E-state index contributed by atoms with van der Waals surface area (Å²) in [6.07, 6.45) is 11.7. The summed E-state index contributed by atoms with van der Waals surface area (Å²) in [4.78, 5) is 8.57. The van der Waals surface area contributed by atoms with E-state index in [0.29, 0.717) is 18.0 Å². The Labute approximate surface area is 141 Å². The van der Waals surface area contributed by atoms with E-state index in [1.54, 1.807) is 10.9 Å². The van der Waals surface area contributed by atoms with Gasteiger partial charge in [0.25, 0.3) is 0 Å². The van der Waals surface area contributed by atoms with Gasteiger partial charge in [0, 0.05) is 17.8 Å². The van der Waals surface area contributed by atoms with Gasteiger partial charge in [-0.1, -0.05) is 19.3 Å². The van der Waals surface area contributed by atoms with Crippen molar-refractivity contribution in [3.8, 4) is 5.69 Å². The Morgan fingerprint density at radius 3 is 2.67 bits per heavy atom. The van der Waals surface area contributed by atoms with Crippen LogP contribution in [0.4, 0.5) is 11.9 Å². The molecule has 0 bridgehead atoms. The van der Waals surface area contributed by atoms with Crippen LogP contribution in [0.5, 0.6) is 0 Å². The second-order valence-corrected chi connectivity index (χ2v) is 6.98. The third kappa shape index (κ3) is 3.08. The van der Waals surface area contributed by atoms with Gasteiger partial charge < -0.3 is 16.8 Å². The molecule has 0 amide bonds. The topological polar surface area (TPSA) is 108 Å². The van der Waals surface area contributed by atoms with Crippen LogP contribution in [0.3, 0.4) is 0 Å². The number of anilines is 2. The molecule has 128 valence electrons. The number of fused-ring (bicyclic) bond motifs is 1. The van der Waals surface area contributed by atoms with Gasteiger partial charge in [-0.2, -0.15) is 9.67 Å². The van der Waals surface area contributed by atoms with E-state index in [-0.39, 0.29) is 5.95 Å². The van der Waals surface area contributed by atoms with Crippen LogP contribution in [0.15, 0.2) is 12.3 Å². The highest BCUT2D eigenvalue weighted by Gasteiger charge is 2.24. The number of nitrogens with zero attached hydrogens (tertiary/aromatic N) is 4. The van der Waals surface area contributed by atoms with Gasteiger partial charge >= 0.3 is 0 Å². The molecule has 0 aromatic carbocycles. The summed E-state index contributed by atoms with van der Waals surface area (Å²) in [7, 11) is 0. The largest absolute Gasteiger partial charge is 0.368 e. The zero-order valence-corrected chi connectivity index (χ0v) is 13.9. The Balaban J connectivity index is 1.51. The lowest BCUT2D eigenvalue weighted by Crippen LogP contribution is -2.42. The number of pyridine rings is 1. The molecule has 2 aliphatic rings. The van der Waals surface area contributed by atoms with Crippen molar-refractivity contribution >= 4 is 11.9 Å². The van der Waals surface area contributed by atoms with Crippen molar-refractivity contribution in [2.24, 2.45) is 0 Å². The number of hydrogen-bond acceptors (Lipinski definition) is 6. The van der Waals surface area contributed by atoms with Crippen LogP contribution in [-0.2, 0) is 12.8 Å². The normalized spacial score (nSPS) is 21.6. The summed E-state index contributed by atoms with van der Waals surface area (Å²) in [5.74, 6) is 0.476. The quantitative estimate of drug-likeness (QED) is 0.790. The first-order valence-corrected chi connectivity index (χ1v) is 8.91. The second-order valence-electron chi connectivity index (χ2n) is 6.98. The van der Waals surface area contributed by atoms with Crippen LogP contribution in [0.1, 0.15) is 49.8 Å². The van der Waals surface area contributed by atoms with Gasteiger partial charge in [-0.25, -0.2) is 0 Å². The third-order valence-corrected chi connectivity index (χ3v) is 5.21. The molecule has 2 heterocycles. The van der Waals surface area contributed by atoms with Gasteiger partial charge in [-0.05, 0) is 43.7 Å². The van der Waals surface area contributed by atoms with Crippen LogP contribution in [0, 0.1) is 0 Å². The molecule has 1 saturated carbocycles. The van der Waals surface area contributed by atoms with E-state index in [1.807, 2.05) is 0 Å². The number of nitrogens with one attached hydrogen (secondary N) is 1. The molecule has 2 aromatic heterocycles. The van der Waals surface area contributed by atoms with Crippen molar-refractivity contribution in [3.05, 3.63) is 23.5 Å². The average molecular weight is 327 g/mol. The first-order valence-electron chi connectivity index (χ1n) is 8.91. The minimum absolute atomic E-state index is 0.182. The maximum absolute atomic E-state index is 5.87. The molecule has 4 rings (SSSR count). The number of nitrogen functional groups attached to an aromatic ring is 2. The number of hydrogen-bond donors (Lipinski definition) is 3. The summed E-state index contributed by atoms with van der Waals surface area (Å²) < 4.78 is 1.56. The van der Waals surface area contributed by atoms with Crippen LogP contribution >= 0.6 is 0 Å². The zero-order valence-electron chi connectivity index (χ0n) is 13.9. The number of nitrogens with two attached hydrogens (primary N) is 2. The number of rotatable bonds is 3. The number of aryl methyl sites for hydroxylation is 1. The van der Waals surface area contributed by atoms with Crippen LogP contribution in [0.25, 0.3) is 5.69 Å². The molecule has 1 fully saturated rings. The predicted molar refractivity (Wildman–Crippen MR) is 93.8 cm³/mol. The highest BCUT2D eigenvalue weighted by molar-refractivity contribution is 5.42. The van der Waals surface area contributed by atoms with Gasteiger partial charge in [0.05, 0.1) is 11.9 Å². The first-order chi connectivity index (χ1) is 11.7. The van der Waals surface area contributed by atoms with E-state index in [4.69, 9.17) is 11.5 Å². The van der Waals surface area contributed by atoms with Gasteiger partial charge in [0.15, 0.2) is 0 Å². The summed E-state index contributed by atoms with van der Waals surface area (Å²) in [6.45, 7) is 0. The first kappa shape index (κ1) is 15.4. The molecule has 2 aliphatic carbocycles. The highest BCUT2D eigenvalue weighted by atomic mass is 15.4. The Bertz CT molecular complexity index is 718. The molecular formula is C17H25N7. The van der Waals surface area contributed by atoms with Gasteiger partial charge in [0.1, 0.15) is 0 Å². The molecule has 2 aromatic rings. The fourth-order valence-corrected chi connectivity index (χ4v) is 4.00. The van der Waals surface area contributed by atoms with E-state index in [0.717, 1.165) is 24.9 Å². The van der Waals surface area contributed by atoms with E-state index >= 15 is 0 Å².